The van der Waals surface area contributed by atoms with E-state index in [4.69, 9.17) is 10.5 Å². The monoisotopic (exact) mass is 369 g/mol. The summed E-state index contributed by atoms with van der Waals surface area (Å²) in [6, 6.07) is 6.88. The van der Waals surface area contributed by atoms with Gasteiger partial charge < -0.3 is 20.4 Å². The summed E-state index contributed by atoms with van der Waals surface area (Å²) in [6.45, 7) is 1.78. The van der Waals surface area contributed by atoms with Crippen LogP contribution in [0.25, 0.3) is 11.4 Å². The average molecular weight is 369 g/mol. The van der Waals surface area contributed by atoms with E-state index in [-0.39, 0.29) is 12.5 Å². The topological polar surface area (TPSA) is 122 Å². The van der Waals surface area contributed by atoms with Gasteiger partial charge >= 0.3 is 6.09 Å². The minimum Gasteiger partial charge on any atom is -0.448 e. The number of hydrogen-bond acceptors (Lipinski definition) is 5. The molecule has 1 aromatic heterocycles. The summed E-state index contributed by atoms with van der Waals surface area (Å²) in [5.74, 6) is 0.103. The Balaban J connectivity index is 1.46. The van der Waals surface area contributed by atoms with Crippen molar-refractivity contribution in [3.05, 3.63) is 41.2 Å². The van der Waals surface area contributed by atoms with E-state index in [1.54, 1.807) is 29.2 Å². The molecule has 140 valence electrons. The maximum absolute atomic E-state index is 12.5. The van der Waals surface area contributed by atoms with Crippen LogP contribution in [0.15, 0.2) is 24.3 Å². The molecule has 3 heterocycles. The molecule has 4 rings (SSSR count). The van der Waals surface area contributed by atoms with E-state index in [0.29, 0.717) is 44.0 Å². The van der Waals surface area contributed by atoms with Crippen molar-refractivity contribution in [2.45, 2.75) is 13.0 Å². The minimum absolute atomic E-state index is 0.0315. The van der Waals surface area contributed by atoms with Gasteiger partial charge in [-0.2, -0.15) is 0 Å². The van der Waals surface area contributed by atoms with Crippen LogP contribution in [0.3, 0.4) is 0 Å². The summed E-state index contributed by atoms with van der Waals surface area (Å²) < 4.78 is 4.86. The third-order valence-corrected chi connectivity index (χ3v) is 4.80. The van der Waals surface area contributed by atoms with Gasteiger partial charge in [-0.15, -0.1) is 0 Å². The van der Waals surface area contributed by atoms with Crippen LogP contribution in [0.5, 0.6) is 0 Å². The molecule has 0 radical (unpaired) electrons. The largest absolute Gasteiger partial charge is 0.448 e. The van der Waals surface area contributed by atoms with Crippen LogP contribution in [-0.2, 0) is 22.5 Å². The summed E-state index contributed by atoms with van der Waals surface area (Å²) in [6.07, 6.45) is 0.200. The lowest BCUT2D eigenvalue weighted by Crippen LogP contribution is -2.43. The molecule has 2 aliphatic heterocycles. The zero-order valence-electron chi connectivity index (χ0n) is 14.6. The second-order valence-corrected chi connectivity index (χ2v) is 6.55. The van der Waals surface area contributed by atoms with Crippen molar-refractivity contribution in [2.24, 2.45) is 5.73 Å². The van der Waals surface area contributed by atoms with Crippen LogP contribution in [0, 0.1) is 0 Å². The number of primary amides is 1. The number of carbonyl (C=O) groups excluding carboxylic acids is 3. The number of amides is 3. The number of nitrogens with zero attached hydrogens (tertiary/aromatic N) is 3. The van der Waals surface area contributed by atoms with Crippen molar-refractivity contribution in [1.29, 1.82) is 0 Å². The number of aromatic amines is 1. The molecule has 2 aliphatic rings. The van der Waals surface area contributed by atoms with Crippen molar-refractivity contribution in [1.82, 2.24) is 19.8 Å². The molecule has 0 aliphatic carbocycles. The highest BCUT2D eigenvalue weighted by Crippen LogP contribution is 2.23. The zero-order chi connectivity index (χ0) is 19.0. The van der Waals surface area contributed by atoms with Crippen LogP contribution in [-0.4, -0.2) is 63.9 Å². The Labute approximate surface area is 155 Å². The van der Waals surface area contributed by atoms with Crippen molar-refractivity contribution >= 4 is 17.9 Å². The van der Waals surface area contributed by atoms with E-state index in [1.807, 2.05) is 0 Å². The third-order valence-electron chi connectivity index (χ3n) is 4.80. The Morgan fingerprint density at radius 3 is 2.67 bits per heavy atom. The summed E-state index contributed by atoms with van der Waals surface area (Å²) in [5.41, 5.74) is 8.34. The maximum Gasteiger partial charge on any atom is 0.410 e. The maximum atomic E-state index is 12.5. The third kappa shape index (κ3) is 3.35. The normalized spacial score (nSPS) is 16.2. The lowest BCUT2D eigenvalue weighted by molar-refractivity contribution is -0.132. The van der Waals surface area contributed by atoms with E-state index in [1.165, 1.54) is 4.90 Å². The highest BCUT2D eigenvalue weighted by Gasteiger charge is 2.29. The fourth-order valence-electron chi connectivity index (χ4n) is 3.27. The number of carbonyl (C=O) groups is 3. The number of nitrogens with two attached hydrogens (primary N) is 1. The summed E-state index contributed by atoms with van der Waals surface area (Å²) in [7, 11) is 0. The van der Waals surface area contributed by atoms with Crippen molar-refractivity contribution in [2.75, 3.05) is 26.2 Å². The lowest BCUT2D eigenvalue weighted by Gasteiger charge is -2.27. The van der Waals surface area contributed by atoms with Gasteiger partial charge in [0.05, 0.1) is 24.5 Å². The second kappa shape index (κ2) is 6.75. The van der Waals surface area contributed by atoms with Crippen LogP contribution >= 0.6 is 0 Å². The summed E-state index contributed by atoms with van der Waals surface area (Å²) in [4.78, 5) is 46.2. The first kappa shape index (κ1) is 17.1. The fourth-order valence-corrected chi connectivity index (χ4v) is 3.27. The van der Waals surface area contributed by atoms with Gasteiger partial charge in [0, 0.05) is 24.1 Å². The molecule has 9 heteroatoms. The Kier molecular flexibility index (Phi) is 4.27. The molecule has 1 aromatic carbocycles. The quantitative estimate of drug-likeness (QED) is 0.813. The van der Waals surface area contributed by atoms with Crippen molar-refractivity contribution < 1.29 is 19.1 Å². The van der Waals surface area contributed by atoms with Crippen LogP contribution in [0.1, 0.15) is 21.7 Å². The number of cyclic esters (lactones) is 1. The zero-order valence-corrected chi connectivity index (χ0v) is 14.6. The molecule has 0 spiro atoms. The molecule has 9 nitrogen and oxygen atoms in total. The standard InChI is InChI=1S/C18H19N5O4/c19-16(25)11-1-3-12(4-2-11)17-20-13-5-6-22(9-14(13)21-17)15(24)10-23-7-8-27-18(23)26/h1-4H,5-10H2,(H2,19,25)(H,20,21). The average Bonchev–Trinajstić information content (AvgIpc) is 3.27. The number of imidazole rings is 1. The number of nitrogens with one attached hydrogen (secondary N) is 1. The van der Waals surface area contributed by atoms with Crippen molar-refractivity contribution in [3.63, 3.8) is 0 Å². The molecule has 1 saturated heterocycles. The number of hydrogen-bond donors (Lipinski definition) is 2. The lowest BCUT2D eigenvalue weighted by atomic mass is 10.1. The molecule has 3 N–H and O–H groups in total. The van der Waals surface area contributed by atoms with Gasteiger partial charge in [-0.25, -0.2) is 9.78 Å². The Hall–Kier alpha value is -3.36. The first-order chi connectivity index (χ1) is 13.0. The number of aromatic nitrogens is 2. The molecule has 0 unspecified atom stereocenters. The second-order valence-electron chi connectivity index (χ2n) is 6.55. The van der Waals surface area contributed by atoms with Gasteiger partial charge in [0.2, 0.25) is 11.8 Å². The molecule has 0 saturated carbocycles. The SMILES string of the molecule is NC(=O)c1ccc(-c2nc3c([nH]2)CN(C(=O)CN2CCOC2=O)CC3)cc1. The number of fused-ring (bicyclic) bond motifs is 1. The van der Waals surface area contributed by atoms with E-state index in [9.17, 15) is 14.4 Å². The number of rotatable bonds is 4. The summed E-state index contributed by atoms with van der Waals surface area (Å²) >= 11 is 0. The van der Waals surface area contributed by atoms with Gasteiger partial charge in [-0.05, 0) is 12.1 Å². The molecular formula is C18H19N5O4. The predicted octanol–water partition coefficient (Wildman–Crippen LogP) is 0.512. The molecule has 1 fully saturated rings. The van der Waals surface area contributed by atoms with E-state index < -0.39 is 12.0 Å². The van der Waals surface area contributed by atoms with Gasteiger partial charge in [-0.1, -0.05) is 12.1 Å². The first-order valence-corrected chi connectivity index (χ1v) is 8.69. The van der Waals surface area contributed by atoms with Crippen LogP contribution in [0.4, 0.5) is 4.79 Å². The molecule has 27 heavy (non-hydrogen) atoms. The molecule has 0 bridgehead atoms. The summed E-state index contributed by atoms with van der Waals surface area (Å²) in [5, 5.41) is 0. The Morgan fingerprint density at radius 1 is 1.22 bits per heavy atom. The number of benzene rings is 1. The Morgan fingerprint density at radius 2 is 2.00 bits per heavy atom. The fraction of sp³-hybridized carbons (Fsp3) is 0.333. The molecule has 0 atom stereocenters. The van der Waals surface area contributed by atoms with E-state index >= 15 is 0 Å². The molecule has 3 amide bonds. The molecule has 2 aromatic rings. The van der Waals surface area contributed by atoms with Crippen LogP contribution < -0.4 is 5.73 Å². The van der Waals surface area contributed by atoms with Crippen LogP contribution in [0.2, 0.25) is 0 Å². The predicted molar refractivity (Wildman–Crippen MR) is 94.6 cm³/mol. The van der Waals surface area contributed by atoms with E-state index in [0.717, 1.165) is 17.0 Å². The number of ether oxygens (including phenoxy) is 1. The van der Waals surface area contributed by atoms with Gasteiger partial charge in [0.25, 0.3) is 0 Å². The smallest absolute Gasteiger partial charge is 0.410 e. The van der Waals surface area contributed by atoms with Gasteiger partial charge in [-0.3, -0.25) is 14.5 Å². The van der Waals surface area contributed by atoms with Gasteiger partial charge in [0.15, 0.2) is 0 Å². The highest BCUT2D eigenvalue weighted by molar-refractivity contribution is 5.93. The van der Waals surface area contributed by atoms with Crippen molar-refractivity contribution in [3.8, 4) is 11.4 Å². The highest BCUT2D eigenvalue weighted by atomic mass is 16.6. The Bertz CT molecular complexity index is 905. The van der Waals surface area contributed by atoms with Gasteiger partial charge in [0.1, 0.15) is 19.0 Å². The number of H-pyrrole nitrogens is 1. The molecular weight excluding hydrogens is 350 g/mol. The minimum atomic E-state index is -0.476. The first-order valence-electron chi connectivity index (χ1n) is 8.69. The van der Waals surface area contributed by atoms with E-state index in [2.05, 4.69) is 9.97 Å².